The minimum Gasteiger partial charge on any atom is -0.375 e. The van der Waals surface area contributed by atoms with E-state index in [0.29, 0.717) is 0 Å². The van der Waals surface area contributed by atoms with Crippen LogP contribution in [0, 0.1) is 0 Å². The molecule has 1 rings (SSSR count). The molecule has 0 fully saturated rings. The van der Waals surface area contributed by atoms with Crippen molar-refractivity contribution in [3.8, 4) is 0 Å². The molecule has 1 heterocycles. The van der Waals surface area contributed by atoms with Crippen LogP contribution in [-0.4, -0.2) is 11.2 Å². The van der Waals surface area contributed by atoms with Crippen molar-refractivity contribution in [2.45, 2.75) is 12.3 Å². The second-order valence-electron chi connectivity index (χ2n) is 2.01. The number of anilines is 1. The molecule has 0 amide bonds. The summed E-state index contributed by atoms with van der Waals surface area (Å²) >= 11 is 0.776. The van der Waals surface area contributed by atoms with Crippen molar-refractivity contribution in [1.82, 2.24) is 4.98 Å². The average molecular weight is 200 g/mol. The Hall–Kier alpha value is -0.850. The van der Waals surface area contributed by atoms with Gasteiger partial charge in [0.25, 0.3) is 0 Å². The number of nitrogen functional groups attached to an aromatic ring is 1. The van der Waals surface area contributed by atoms with Gasteiger partial charge in [-0.15, -0.1) is 11.3 Å². The maximum atomic E-state index is 12.4. The second-order valence-corrected chi connectivity index (χ2v) is 2.90. The monoisotopic (exact) mass is 200 g/mol. The van der Waals surface area contributed by atoms with Gasteiger partial charge in [-0.1, -0.05) is 0 Å². The number of hydrogen-bond acceptors (Lipinski definition) is 3. The molecule has 12 heavy (non-hydrogen) atoms. The summed E-state index contributed by atoms with van der Waals surface area (Å²) in [5, 5.41) is 0.880. The molecule has 1 atom stereocenters. The van der Waals surface area contributed by atoms with Gasteiger partial charge in [0.1, 0.15) is 0 Å². The summed E-state index contributed by atoms with van der Waals surface area (Å²) in [6.07, 6.45) is -7.94. The summed E-state index contributed by atoms with van der Waals surface area (Å²) in [6, 6.07) is 0. The van der Waals surface area contributed by atoms with Crippen LogP contribution in [0.25, 0.3) is 0 Å². The van der Waals surface area contributed by atoms with Gasteiger partial charge in [-0.3, -0.25) is 0 Å². The van der Waals surface area contributed by atoms with Crippen LogP contribution >= 0.6 is 11.3 Å². The lowest BCUT2D eigenvalue weighted by atomic mass is 10.3. The molecule has 0 spiro atoms. The van der Waals surface area contributed by atoms with Gasteiger partial charge in [-0.25, -0.2) is 9.37 Å². The molecule has 0 saturated carbocycles. The fraction of sp³-hybridized carbons (Fsp3) is 0.400. The van der Waals surface area contributed by atoms with Gasteiger partial charge in [-0.2, -0.15) is 13.2 Å². The van der Waals surface area contributed by atoms with Crippen molar-refractivity contribution in [2.75, 3.05) is 5.73 Å². The molecular formula is C5H4F4N2S. The summed E-state index contributed by atoms with van der Waals surface area (Å²) in [5.74, 6) is 0. The smallest absolute Gasteiger partial charge is 0.375 e. The number of thiazole rings is 1. The molecule has 0 aliphatic heterocycles. The van der Waals surface area contributed by atoms with Gasteiger partial charge in [0.15, 0.2) is 5.13 Å². The molecule has 2 N–H and O–H groups in total. The van der Waals surface area contributed by atoms with E-state index >= 15 is 0 Å². The minimum absolute atomic E-state index is 0.0723. The quantitative estimate of drug-likeness (QED) is 0.706. The highest BCUT2D eigenvalue weighted by atomic mass is 32.1. The zero-order valence-electron chi connectivity index (χ0n) is 5.60. The average Bonchev–Trinajstić information content (AvgIpc) is 2.32. The summed E-state index contributed by atoms with van der Waals surface area (Å²) in [4.78, 5) is 3.18. The van der Waals surface area contributed by atoms with Crippen molar-refractivity contribution in [3.63, 3.8) is 0 Å². The second kappa shape index (κ2) is 2.89. The highest BCUT2D eigenvalue weighted by Gasteiger charge is 2.42. The highest BCUT2D eigenvalue weighted by molar-refractivity contribution is 7.13. The molecule has 0 bridgehead atoms. The van der Waals surface area contributed by atoms with E-state index < -0.39 is 18.0 Å². The van der Waals surface area contributed by atoms with Gasteiger partial charge < -0.3 is 5.73 Å². The molecule has 7 heteroatoms. The third-order valence-corrected chi connectivity index (χ3v) is 1.78. The summed E-state index contributed by atoms with van der Waals surface area (Å²) in [5.41, 5.74) is 4.36. The maximum Gasteiger partial charge on any atom is 0.425 e. The van der Waals surface area contributed by atoms with Gasteiger partial charge in [0, 0.05) is 5.38 Å². The van der Waals surface area contributed by atoms with Crippen LogP contribution in [-0.2, 0) is 0 Å². The van der Waals surface area contributed by atoms with E-state index in [4.69, 9.17) is 5.73 Å². The molecule has 0 saturated heterocycles. The van der Waals surface area contributed by atoms with Crippen LogP contribution < -0.4 is 5.73 Å². The lowest BCUT2D eigenvalue weighted by Crippen LogP contribution is -2.16. The largest absolute Gasteiger partial charge is 0.425 e. The van der Waals surface area contributed by atoms with Crippen molar-refractivity contribution in [1.29, 1.82) is 0 Å². The number of hydrogen-bond donors (Lipinski definition) is 1. The molecule has 68 valence electrons. The van der Waals surface area contributed by atoms with Gasteiger partial charge in [0.2, 0.25) is 6.17 Å². The van der Waals surface area contributed by atoms with Crippen LogP contribution in [0.5, 0.6) is 0 Å². The zero-order valence-corrected chi connectivity index (χ0v) is 6.42. The molecule has 1 aromatic rings. The topological polar surface area (TPSA) is 38.9 Å². The van der Waals surface area contributed by atoms with E-state index in [1.165, 1.54) is 0 Å². The van der Waals surface area contributed by atoms with Gasteiger partial charge in [-0.05, 0) is 0 Å². The van der Waals surface area contributed by atoms with E-state index in [2.05, 4.69) is 4.98 Å². The Morgan fingerprint density at radius 3 is 2.42 bits per heavy atom. The Labute approximate surface area is 69.0 Å². The first-order valence-electron chi connectivity index (χ1n) is 2.83. The lowest BCUT2D eigenvalue weighted by Gasteiger charge is -2.08. The fourth-order valence-electron chi connectivity index (χ4n) is 0.585. The Balaban J connectivity index is 2.85. The van der Waals surface area contributed by atoms with Crippen LogP contribution in [0.2, 0.25) is 0 Å². The van der Waals surface area contributed by atoms with Crippen molar-refractivity contribution in [3.05, 3.63) is 11.1 Å². The van der Waals surface area contributed by atoms with Crippen molar-refractivity contribution < 1.29 is 17.6 Å². The molecule has 0 aliphatic carbocycles. The first kappa shape index (κ1) is 9.24. The van der Waals surface area contributed by atoms with E-state index in [0.717, 1.165) is 16.7 Å². The number of alkyl halides is 4. The van der Waals surface area contributed by atoms with Crippen LogP contribution in [0.4, 0.5) is 22.7 Å². The third kappa shape index (κ3) is 1.84. The molecule has 0 aromatic carbocycles. The lowest BCUT2D eigenvalue weighted by molar-refractivity contribution is -0.183. The van der Waals surface area contributed by atoms with Crippen molar-refractivity contribution >= 4 is 16.5 Å². The van der Waals surface area contributed by atoms with Crippen molar-refractivity contribution in [2.24, 2.45) is 0 Å². The normalized spacial score (nSPS) is 14.7. The maximum absolute atomic E-state index is 12.4. The van der Waals surface area contributed by atoms with Crippen LogP contribution in [0.15, 0.2) is 5.38 Å². The number of aromatic nitrogens is 1. The Morgan fingerprint density at radius 1 is 1.50 bits per heavy atom. The van der Waals surface area contributed by atoms with Gasteiger partial charge >= 0.3 is 6.18 Å². The third-order valence-electron chi connectivity index (χ3n) is 1.09. The summed E-state index contributed by atoms with van der Waals surface area (Å²) in [6.45, 7) is 0. The number of halogens is 4. The first-order valence-corrected chi connectivity index (χ1v) is 3.71. The highest BCUT2D eigenvalue weighted by Crippen LogP contribution is 2.36. The fourth-order valence-corrected chi connectivity index (χ4v) is 1.16. The summed E-state index contributed by atoms with van der Waals surface area (Å²) in [7, 11) is 0. The predicted octanol–water partition coefficient (Wildman–Crippen LogP) is 2.30. The van der Waals surface area contributed by atoms with E-state index in [1.807, 2.05) is 0 Å². The van der Waals surface area contributed by atoms with E-state index in [1.54, 1.807) is 0 Å². The predicted molar refractivity (Wildman–Crippen MR) is 36.4 cm³/mol. The van der Waals surface area contributed by atoms with E-state index in [9.17, 15) is 17.6 Å². The number of nitrogens with zero attached hydrogens (tertiary/aromatic N) is 1. The Bertz CT molecular complexity index is 269. The first-order chi connectivity index (χ1) is 5.41. The molecule has 2 nitrogen and oxygen atoms in total. The van der Waals surface area contributed by atoms with E-state index in [-0.39, 0.29) is 5.13 Å². The number of nitrogens with two attached hydrogens (primary N) is 1. The van der Waals surface area contributed by atoms with Gasteiger partial charge in [0.05, 0.1) is 5.69 Å². The molecule has 0 aliphatic rings. The Kier molecular flexibility index (Phi) is 2.22. The molecule has 1 unspecified atom stereocenters. The Morgan fingerprint density at radius 2 is 2.08 bits per heavy atom. The molecule has 0 radical (unpaired) electrons. The summed E-state index contributed by atoms with van der Waals surface area (Å²) < 4.78 is 47.5. The zero-order chi connectivity index (χ0) is 9.35. The minimum atomic E-state index is -4.90. The molecule has 1 aromatic heterocycles. The van der Waals surface area contributed by atoms with Crippen LogP contribution in [0.3, 0.4) is 0 Å². The van der Waals surface area contributed by atoms with Crippen LogP contribution in [0.1, 0.15) is 11.9 Å². The SMILES string of the molecule is Nc1nc(C(F)C(F)(F)F)cs1. The standard InChI is InChI=1S/C5H4F4N2S/c6-3(5(7,8)9)2-1-12-4(10)11-2/h1,3H,(H2,10,11). The molecular weight excluding hydrogens is 196 g/mol. The number of rotatable bonds is 1.